The molecule has 19 heavy (non-hydrogen) atoms. The maximum absolute atomic E-state index is 12.6. The first kappa shape index (κ1) is 14.8. The SMILES string of the molecule is CCCN(C(=O)C1CCCCC1)C1CCS(=O)(=O)C1. The summed E-state index contributed by atoms with van der Waals surface area (Å²) in [7, 11) is -2.92. The van der Waals surface area contributed by atoms with Crippen molar-refractivity contribution in [2.24, 2.45) is 5.92 Å². The molecule has 4 nitrogen and oxygen atoms in total. The highest BCUT2D eigenvalue weighted by molar-refractivity contribution is 7.91. The van der Waals surface area contributed by atoms with Gasteiger partial charge >= 0.3 is 0 Å². The second-order valence-corrected chi connectivity index (χ2v) is 8.15. The van der Waals surface area contributed by atoms with Crippen LogP contribution >= 0.6 is 0 Å². The van der Waals surface area contributed by atoms with Crippen molar-refractivity contribution in [1.29, 1.82) is 0 Å². The predicted molar refractivity (Wildman–Crippen MR) is 75.6 cm³/mol. The van der Waals surface area contributed by atoms with Gasteiger partial charge in [-0.05, 0) is 25.7 Å². The Labute approximate surface area is 116 Å². The van der Waals surface area contributed by atoms with Crippen LogP contribution in [0.5, 0.6) is 0 Å². The molecule has 0 aromatic rings. The van der Waals surface area contributed by atoms with Crippen molar-refractivity contribution >= 4 is 15.7 Å². The standard InChI is InChI=1S/C14H25NO3S/c1-2-9-15(13-8-10-19(17,18)11-13)14(16)12-6-4-3-5-7-12/h12-13H,2-11H2,1H3. The van der Waals surface area contributed by atoms with E-state index < -0.39 is 9.84 Å². The van der Waals surface area contributed by atoms with Gasteiger partial charge in [0.1, 0.15) is 0 Å². The molecule has 2 aliphatic rings. The molecule has 1 aliphatic heterocycles. The number of carbonyl (C=O) groups excluding carboxylic acids is 1. The molecule has 1 unspecified atom stereocenters. The third-order valence-corrected chi connectivity index (χ3v) is 6.10. The van der Waals surface area contributed by atoms with Crippen LogP contribution in [0, 0.1) is 5.92 Å². The summed E-state index contributed by atoms with van der Waals surface area (Å²) in [6.45, 7) is 2.75. The quantitative estimate of drug-likeness (QED) is 0.794. The Morgan fingerprint density at radius 3 is 2.37 bits per heavy atom. The fraction of sp³-hybridized carbons (Fsp3) is 0.929. The lowest BCUT2D eigenvalue weighted by Gasteiger charge is -2.33. The Morgan fingerprint density at radius 1 is 1.16 bits per heavy atom. The maximum atomic E-state index is 12.6. The lowest BCUT2D eigenvalue weighted by molar-refractivity contribution is -0.138. The van der Waals surface area contributed by atoms with E-state index in [9.17, 15) is 13.2 Å². The van der Waals surface area contributed by atoms with Gasteiger partial charge in [-0.25, -0.2) is 8.42 Å². The second kappa shape index (κ2) is 6.25. The van der Waals surface area contributed by atoms with Crippen LogP contribution in [-0.2, 0) is 14.6 Å². The Kier molecular flexibility index (Phi) is 4.87. The summed E-state index contributed by atoms with van der Waals surface area (Å²) >= 11 is 0. The van der Waals surface area contributed by atoms with E-state index in [1.54, 1.807) is 0 Å². The van der Waals surface area contributed by atoms with Crippen molar-refractivity contribution in [1.82, 2.24) is 4.90 Å². The van der Waals surface area contributed by atoms with Gasteiger partial charge in [0.15, 0.2) is 9.84 Å². The van der Waals surface area contributed by atoms with Crippen molar-refractivity contribution in [2.75, 3.05) is 18.1 Å². The summed E-state index contributed by atoms with van der Waals surface area (Å²) in [6.07, 6.45) is 7.00. The molecule has 5 heteroatoms. The molecular weight excluding hydrogens is 262 g/mol. The first-order chi connectivity index (χ1) is 9.03. The summed E-state index contributed by atoms with van der Waals surface area (Å²) < 4.78 is 23.2. The number of sulfone groups is 1. The smallest absolute Gasteiger partial charge is 0.225 e. The highest BCUT2D eigenvalue weighted by Gasteiger charge is 2.36. The molecule has 1 amide bonds. The predicted octanol–water partition coefficient (Wildman–Crippen LogP) is 1.99. The molecule has 0 spiro atoms. The normalized spacial score (nSPS) is 27.3. The van der Waals surface area contributed by atoms with Crippen LogP contribution in [0.25, 0.3) is 0 Å². The van der Waals surface area contributed by atoms with E-state index >= 15 is 0 Å². The molecule has 2 fully saturated rings. The number of carbonyl (C=O) groups is 1. The van der Waals surface area contributed by atoms with Crippen molar-refractivity contribution in [2.45, 2.75) is 57.9 Å². The molecular formula is C14H25NO3S. The highest BCUT2D eigenvalue weighted by atomic mass is 32.2. The van der Waals surface area contributed by atoms with Gasteiger partial charge in [-0.2, -0.15) is 0 Å². The van der Waals surface area contributed by atoms with E-state index in [4.69, 9.17) is 0 Å². The molecule has 110 valence electrons. The van der Waals surface area contributed by atoms with Gasteiger partial charge in [-0.15, -0.1) is 0 Å². The van der Waals surface area contributed by atoms with Gasteiger partial charge in [0, 0.05) is 18.5 Å². The summed E-state index contributed by atoms with van der Waals surface area (Å²) in [4.78, 5) is 14.5. The Hall–Kier alpha value is -0.580. The van der Waals surface area contributed by atoms with Gasteiger partial charge < -0.3 is 4.90 Å². The lowest BCUT2D eigenvalue weighted by Crippen LogP contribution is -2.45. The van der Waals surface area contributed by atoms with Gasteiger partial charge in [-0.1, -0.05) is 26.2 Å². The lowest BCUT2D eigenvalue weighted by atomic mass is 9.88. The number of amides is 1. The van der Waals surface area contributed by atoms with Crippen LogP contribution in [-0.4, -0.2) is 43.3 Å². The largest absolute Gasteiger partial charge is 0.338 e. The first-order valence-electron chi connectivity index (χ1n) is 7.54. The van der Waals surface area contributed by atoms with Gasteiger partial charge in [0.25, 0.3) is 0 Å². The summed E-state index contributed by atoms with van der Waals surface area (Å²) in [5, 5.41) is 0. The van der Waals surface area contributed by atoms with Crippen molar-refractivity contribution in [3.8, 4) is 0 Å². The molecule has 2 rings (SSSR count). The van der Waals surface area contributed by atoms with Crippen molar-refractivity contribution < 1.29 is 13.2 Å². The van der Waals surface area contributed by atoms with Gasteiger partial charge in [0.05, 0.1) is 11.5 Å². The molecule has 1 saturated carbocycles. The number of nitrogens with zero attached hydrogens (tertiary/aromatic N) is 1. The number of hydrogen-bond donors (Lipinski definition) is 0. The molecule has 1 saturated heterocycles. The van der Waals surface area contributed by atoms with Gasteiger partial charge in [-0.3, -0.25) is 4.79 Å². The summed E-state index contributed by atoms with van der Waals surface area (Å²) in [5.74, 6) is 0.772. The van der Waals surface area contributed by atoms with E-state index in [0.29, 0.717) is 13.0 Å². The van der Waals surface area contributed by atoms with E-state index in [2.05, 4.69) is 0 Å². The van der Waals surface area contributed by atoms with E-state index in [1.807, 2.05) is 11.8 Å². The minimum atomic E-state index is -2.92. The first-order valence-corrected chi connectivity index (χ1v) is 9.36. The van der Waals surface area contributed by atoms with Gasteiger partial charge in [0.2, 0.25) is 5.91 Å². The monoisotopic (exact) mass is 287 g/mol. The molecule has 0 radical (unpaired) electrons. The maximum Gasteiger partial charge on any atom is 0.225 e. The molecule has 1 atom stereocenters. The van der Waals surface area contributed by atoms with Crippen LogP contribution in [0.3, 0.4) is 0 Å². The Bertz CT molecular complexity index is 412. The fourth-order valence-corrected chi connectivity index (χ4v) is 5.05. The topological polar surface area (TPSA) is 54.5 Å². The highest BCUT2D eigenvalue weighted by Crippen LogP contribution is 2.28. The van der Waals surface area contributed by atoms with Crippen molar-refractivity contribution in [3.05, 3.63) is 0 Å². The molecule has 0 aromatic carbocycles. The second-order valence-electron chi connectivity index (χ2n) is 5.92. The minimum Gasteiger partial charge on any atom is -0.338 e. The molecule has 0 N–H and O–H groups in total. The zero-order chi connectivity index (χ0) is 13.9. The summed E-state index contributed by atoms with van der Waals surface area (Å²) in [6, 6.07) is -0.0700. The molecule has 0 bridgehead atoms. The fourth-order valence-electron chi connectivity index (χ4n) is 3.32. The van der Waals surface area contributed by atoms with E-state index in [1.165, 1.54) is 6.42 Å². The third kappa shape index (κ3) is 3.71. The minimum absolute atomic E-state index is 0.0700. The molecule has 1 heterocycles. The van der Waals surface area contributed by atoms with E-state index in [0.717, 1.165) is 32.1 Å². The molecule has 1 aliphatic carbocycles. The molecule has 0 aromatic heterocycles. The van der Waals surface area contributed by atoms with Crippen LogP contribution in [0.4, 0.5) is 0 Å². The number of rotatable bonds is 4. The zero-order valence-corrected chi connectivity index (χ0v) is 12.6. The average molecular weight is 287 g/mol. The van der Waals surface area contributed by atoms with Crippen LogP contribution in [0.2, 0.25) is 0 Å². The van der Waals surface area contributed by atoms with E-state index in [-0.39, 0.29) is 29.4 Å². The Balaban J connectivity index is 2.04. The Morgan fingerprint density at radius 2 is 1.84 bits per heavy atom. The van der Waals surface area contributed by atoms with Crippen LogP contribution in [0.1, 0.15) is 51.9 Å². The summed E-state index contributed by atoms with van der Waals surface area (Å²) in [5.41, 5.74) is 0. The average Bonchev–Trinajstić information content (AvgIpc) is 2.76. The third-order valence-electron chi connectivity index (χ3n) is 4.35. The van der Waals surface area contributed by atoms with Crippen LogP contribution in [0.15, 0.2) is 0 Å². The zero-order valence-electron chi connectivity index (χ0n) is 11.8. The van der Waals surface area contributed by atoms with Crippen LogP contribution < -0.4 is 0 Å². The number of hydrogen-bond acceptors (Lipinski definition) is 3. The van der Waals surface area contributed by atoms with Crippen molar-refractivity contribution in [3.63, 3.8) is 0 Å².